The van der Waals surface area contributed by atoms with Gasteiger partial charge in [-0.25, -0.2) is 4.79 Å². The zero-order valence-corrected chi connectivity index (χ0v) is 18.7. The number of imide groups is 1. The molecule has 0 saturated carbocycles. The van der Waals surface area contributed by atoms with Crippen LogP contribution < -0.4 is 10.6 Å². The predicted octanol–water partition coefficient (Wildman–Crippen LogP) is 0.897. The molecule has 2 N–H and O–H groups in total. The Labute approximate surface area is 196 Å². The molecular formula is C22H36N4O6. The zero-order valence-electron chi connectivity index (χ0n) is 23.7. The molecule has 10 nitrogen and oxygen atoms in total. The SMILES string of the molecule is [2H]C([2H])([2H])C([2H])([2H])CC1CCCN1CC(C)(C)C(=O)NCCC(=O)NCCC(=O)ON1C(=O)CCC1=O. The van der Waals surface area contributed by atoms with E-state index in [1.165, 1.54) is 0 Å². The maximum Gasteiger partial charge on any atom is 0.334 e. The molecule has 1 unspecified atom stereocenters. The van der Waals surface area contributed by atoms with Gasteiger partial charge in [-0.2, -0.15) is 0 Å². The molecule has 2 rings (SSSR count). The molecule has 2 aliphatic heterocycles. The molecular weight excluding hydrogens is 416 g/mol. The Hall–Kier alpha value is -2.49. The van der Waals surface area contributed by atoms with Crippen molar-refractivity contribution in [2.24, 2.45) is 5.41 Å². The monoisotopic (exact) mass is 457 g/mol. The zero-order chi connectivity index (χ0) is 28.0. The lowest BCUT2D eigenvalue weighted by atomic mass is 9.91. The molecule has 0 spiro atoms. The molecule has 0 radical (unpaired) electrons. The normalized spacial score (nSPS) is 22.5. The van der Waals surface area contributed by atoms with Crippen LogP contribution in [0, 0.1) is 5.41 Å². The second-order valence-corrected chi connectivity index (χ2v) is 8.68. The number of nitrogens with zero attached hydrogens (tertiary/aromatic N) is 2. The summed E-state index contributed by atoms with van der Waals surface area (Å²) in [6.07, 6.45) is -1.30. The maximum atomic E-state index is 12.8. The highest BCUT2D eigenvalue weighted by Crippen LogP contribution is 2.26. The number of hydrogen-bond donors (Lipinski definition) is 2. The second kappa shape index (κ2) is 11.9. The maximum absolute atomic E-state index is 12.8. The summed E-state index contributed by atoms with van der Waals surface area (Å²) in [5, 5.41) is 5.65. The number of likely N-dealkylation sites (tertiary alicyclic amines) is 1. The van der Waals surface area contributed by atoms with Crippen LogP contribution in [0.25, 0.3) is 0 Å². The second-order valence-electron chi connectivity index (χ2n) is 8.68. The molecule has 1 atom stereocenters. The minimum atomic E-state index is -2.72. The van der Waals surface area contributed by atoms with E-state index in [4.69, 9.17) is 11.7 Å². The summed E-state index contributed by atoms with van der Waals surface area (Å²) < 4.78 is 38.2. The van der Waals surface area contributed by atoms with E-state index in [1.807, 2.05) is 4.90 Å². The van der Waals surface area contributed by atoms with E-state index in [0.717, 1.165) is 6.42 Å². The largest absolute Gasteiger partial charge is 0.355 e. The average molecular weight is 458 g/mol. The molecule has 4 amide bonds. The van der Waals surface area contributed by atoms with Crippen molar-refractivity contribution in [1.29, 1.82) is 0 Å². The Morgan fingerprint density at radius 2 is 1.84 bits per heavy atom. The van der Waals surface area contributed by atoms with Crippen molar-refractivity contribution in [3.05, 3.63) is 0 Å². The summed E-state index contributed by atoms with van der Waals surface area (Å²) >= 11 is 0. The van der Waals surface area contributed by atoms with Crippen molar-refractivity contribution in [1.82, 2.24) is 20.6 Å². The van der Waals surface area contributed by atoms with Crippen LogP contribution in [0.15, 0.2) is 0 Å². The third-order valence-corrected chi connectivity index (χ3v) is 5.54. The molecule has 2 heterocycles. The number of hydrogen-bond acceptors (Lipinski definition) is 7. The van der Waals surface area contributed by atoms with Crippen LogP contribution in [0.4, 0.5) is 0 Å². The van der Waals surface area contributed by atoms with Crippen LogP contribution in [0.1, 0.15) is 78.9 Å². The van der Waals surface area contributed by atoms with Crippen molar-refractivity contribution in [3.63, 3.8) is 0 Å². The van der Waals surface area contributed by atoms with Crippen molar-refractivity contribution < 1.29 is 35.7 Å². The molecule has 0 aromatic rings. The van der Waals surface area contributed by atoms with Crippen LogP contribution in [-0.4, -0.2) is 71.8 Å². The summed E-state index contributed by atoms with van der Waals surface area (Å²) in [4.78, 5) is 66.0. The highest BCUT2D eigenvalue weighted by atomic mass is 16.7. The number of carbonyl (C=O) groups excluding carboxylic acids is 5. The molecule has 0 aromatic carbocycles. The third kappa shape index (κ3) is 7.58. The molecule has 0 bridgehead atoms. The topological polar surface area (TPSA) is 125 Å². The third-order valence-electron chi connectivity index (χ3n) is 5.54. The minimum Gasteiger partial charge on any atom is -0.355 e. The van der Waals surface area contributed by atoms with E-state index in [0.29, 0.717) is 24.6 Å². The summed E-state index contributed by atoms with van der Waals surface area (Å²) in [5.41, 5.74) is -0.861. The molecule has 0 aromatic heterocycles. The van der Waals surface area contributed by atoms with Crippen molar-refractivity contribution in [2.45, 2.75) is 78.1 Å². The standard InChI is InChI=1S/C22H36N4O6/c1-4-6-16-7-5-14-25(16)15-22(2,3)21(31)24-12-10-17(27)23-13-11-20(30)32-26-18(28)8-9-19(26)29/h16H,4-15H2,1-3H3,(H,23,27)(H,24,31)/i1D3,4D2. The number of amides is 4. The van der Waals surface area contributed by atoms with Gasteiger partial charge in [-0.1, -0.05) is 13.2 Å². The predicted molar refractivity (Wildman–Crippen MR) is 116 cm³/mol. The molecule has 180 valence electrons. The van der Waals surface area contributed by atoms with E-state index < -0.39 is 42.3 Å². The quantitative estimate of drug-likeness (QED) is 0.417. The fourth-order valence-corrected chi connectivity index (χ4v) is 3.76. The summed E-state index contributed by atoms with van der Waals surface area (Å²) in [6, 6.07) is -0.276. The van der Waals surface area contributed by atoms with Crippen molar-refractivity contribution >= 4 is 29.6 Å². The van der Waals surface area contributed by atoms with Crippen LogP contribution >= 0.6 is 0 Å². The van der Waals surface area contributed by atoms with E-state index in [1.54, 1.807) is 13.8 Å². The fraction of sp³-hybridized carbons (Fsp3) is 0.773. The first-order chi connectivity index (χ1) is 17.0. The molecule has 2 aliphatic rings. The van der Waals surface area contributed by atoms with E-state index in [-0.39, 0.29) is 57.1 Å². The first-order valence-electron chi connectivity index (χ1n) is 13.4. The first-order valence-corrected chi connectivity index (χ1v) is 10.9. The van der Waals surface area contributed by atoms with Gasteiger partial charge in [0.1, 0.15) is 0 Å². The van der Waals surface area contributed by atoms with Gasteiger partial charge in [0, 0.05) is 51.8 Å². The smallest absolute Gasteiger partial charge is 0.334 e. The highest BCUT2D eigenvalue weighted by Gasteiger charge is 2.34. The van der Waals surface area contributed by atoms with E-state index in [2.05, 4.69) is 10.6 Å². The Morgan fingerprint density at radius 3 is 2.53 bits per heavy atom. The molecule has 2 saturated heterocycles. The summed E-state index contributed by atoms with van der Waals surface area (Å²) in [5.74, 6) is -2.71. The Bertz CT molecular complexity index is 879. The van der Waals surface area contributed by atoms with Gasteiger partial charge in [0.05, 0.1) is 11.8 Å². The number of nitrogens with one attached hydrogen (secondary N) is 2. The molecule has 2 fully saturated rings. The van der Waals surface area contributed by atoms with Gasteiger partial charge in [0.25, 0.3) is 11.8 Å². The van der Waals surface area contributed by atoms with Crippen LogP contribution in [0.2, 0.25) is 0 Å². The molecule has 10 heteroatoms. The Kier molecular flexibility index (Phi) is 7.10. The van der Waals surface area contributed by atoms with Gasteiger partial charge in [0.2, 0.25) is 11.8 Å². The lowest BCUT2D eigenvalue weighted by Gasteiger charge is -2.32. The van der Waals surface area contributed by atoms with Crippen molar-refractivity contribution in [3.8, 4) is 0 Å². The Balaban J connectivity index is 1.70. The van der Waals surface area contributed by atoms with Crippen LogP contribution in [0.3, 0.4) is 0 Å². The summed E-state index contributed by atoms with van der Waals surface area (Å²) in [6.45, 7) is 1.70. The van der Waals surface area contributed by atoms with Crippen molar-refractivity contribution in [2.75, 3.05) is 26.2 Å². The van der Waals surface area contributed by atoms with Crippen LogP contribution in [-0.2, 0) is 28.8 Å². The molecule has 0 aliphatic carbocycles. The fourth-order valence-electron chi connectivity index (χ4n) is 3.76. The van der Waals surface area contributed by atoms with Gasteiger partial charge in [-0.3, -0.25) is 24.1 Å². The van der Waals surface area contributed by atoms with Gasteiger partial charge >= 0.3 is 5.97 Å². The van der Waals surface area contributed by atoms with Crippen LogP contribution in [0.5, 0.6) is 0 Å². The molecule has 32 heavy (non-hydrogen) atoms. The lowest BCUT2D eigenvalue weighted by molar-refractivity contribution is -0.197. The number of hydroxylamine groups is 2. The summed E-state index contributed by atoms with van der Waals surface area (Å²) in [7, 11) is 0. The van der Waals surface area contributed by atoms with Gasteiger partial charge in [0.15, 0.2) is 0 Å². The van der Waals surface area contributed by atoms with Gasteiger partial charge in [-0.15, -0.1) is 5.06 Å². The number of rotatable bonds is 12. The number of carbonyl (C=O) groups is 5. The van der Waals surface area contributed by atoms with E-state index >= 15 is 0 Å². The Morgan fingerprint density at radius 1 is 1.16 bits per heavy atom. The lowest BCUT2D eigenvalue weighted by Crippen LogP contribution is -2.47. The average Bonchev–Trinajstić information content (AvgIpc) is 3.32. The van der Waals surface area contributed by atoms with Gasteiger partial charge < -0.3 is 15.5 Å². The van der Waals surface area contributed by atoms with Gasteiger partial charge in [-0.05, 0) is 39.7 Å². The first kappa shape index (κ1) is 19.0. The minimum absolute atomic E-state index is 0.00826. The van der Waals surface area contributed by atoms with E-state index in [9.17, 15) is 24.0 Å². The highest BCUT2D eigenvalue weighted by molar-refractivity contribution is 6.01.